The highest BCUT2D eigenvalue weighted by Crippen LogP contribution is 2.13. The van der Waals surface area contributed by atoms with Gasteiger partial charge < -0.3 is 10.1 Å². The van der Waals surface area contributed by atoms with Gasteiger partial charge in [0, 0.05) is 6.20 Å². The van der Waals surface area contributed by atoms with Crippen LogP contribution in [-0.2, 0) is 11.3 Å². The van der Waals surface area contributed by atoms with Crippen LogP contribution < -0.4 is 5.32 Å². The summed E-state index contributed by atoms with van der Waals surface area (Å²) in [4.78, 5) is 4.09. The Balaban J connectivity index is 1.81. The van der Waals surface area contributed by atoms with Gasteiger partial charge in [-0.1, -0.05) is 0 Å². The van der Waals surface area contributed by atoms with E-state index >= 15 is 0 Å². The van der Waals surface area contributed by atoms with Crippen LogP contribution in [0.4, 0.5) is 0 Å². The topological polar surface area (TPSA) is 34.1 Å². The fourth-order valence-corrected chi connectivity index (χ4v) is 2.12. The van der Waals surface area contributed by atoms with Gasteiger partial charge >= 0.3 is 0 Å². The number of halogens is 1. The molecule has 1 N–H and O–H groups in total. The minimum Gasteiger partial charge on any atom is -0.373 e. The number of ether oxygens (including phenoxy) is 1. The molecule has 1 aromatic rings. The zero-order chi connectivity index (χ0) is 10.5. The number of nitrogens with zero attached hydrogens (tertiary/aromatic N) is 1. The van der Waals surface area contributed by atoms with Gasteiger partial charge in [-0.2, -0.15) is 0 Å². The summed E-state index contributed by atoms with van der Waals surface area (Å²) < 4.78 is 6.70. The molecule has 0 saturated carbocycles. The lowest BCUT2D eigenvalue weighted by Gasteiger charge is -2.22. The van der Waals surface area contributed by atoms with Gasteiger partial charge in [0.2, 0.25) is 0 Å². The van der Waals surface area contributed by atoms with E-state index in [0.717, 1.165) is 30.5 Å². The molecular weight excluding hydrogens is 256 g/mol. The quantitative estimate of drug-likeness (QED) is 0.855. The average Bonchev–Trinajstić information content (AvgIpc) is 2.28. The van der Waals surface area contributed by atoms with Crippen molar-refractivity contribution < 1.29 is 4.74 Å². The summed E-state index contributed by atoms with van der Waals surface area (Å²) in [5.74, 6) is 0. The summed E-state index contributed by atoms with van der Waals surface area (Å²) in [6, 6.07) is 3.99. The van der Waals surface area contributed by atoms with E-state index in [0.29, 0.717) is 12.7 Å². The van der Waals surface area contributed by atoms with Crippen molar-refractivity contribution in [2.24, 2.45) is 0 Å². The molecule has 4 heteroatoms. The maximum Gasteiger partial charge on any atom is 0.106 e. The molecule has 1 aromatic heterocycles. The molecule has 3 nitrogen and oxygen atoms in total. The van der Waals surface area contributed by atoms with E-state index in [-0.39, 0.29) is 0 Å². The minimum atomic E-state index is 0.415. The van der Waals surface area contributed by atoms with E-state index in [1.54, 1.807) is 6.20 Å². The molecule has 0 bridgehead atoms. The van der Waals surface area contributed by atoms with Crippen LogP contribution in [-0.4, -0.2) is 24.2 Å². The van der Waals surface area contributed by atoms with E-state index in [2.05, 4.69) is 26.2 Å². The minimum absolute atomic E-state index is 0.415. The van der Waals surface area contributed by atoms with Crippen LogP contribution in [0.2, 0.25) is 0 Å². The molecule has 0 unspecified atom stereocenters. The highest BCUT2D eigenvalue weighted by Gasteiger charge is 2.12. The van der Waals surface area contributed by atoms with Crippen molar-refractivity contribution in [2.45, 2.75) is 25.6 Å². The number of piperidine rings is 1. The van der Waals surface area contributed by atoms with Crippen LogP contribution in [0.3, 0.4) is 0 Å². The molecule has 1 saturated heterocycles. The first-order chi connectivity index (χ1) is 7.34. The lowest BCUT2D eigenvalue weighted by molar-refractivity contribution is 0.0212. The van der Waals surface area contributed by atoms with Crippen molar-refractivity contribution in [2.75, 3.05) is 13.1 Å². The Kier molecular flexibility index (Phi) is 4.11. The number of aromatic nitrogens is 1. The fourth-order valence-electron chi connectivity index (χ4n) is 1.71. The number of hydrogen-bond donors (Lipinski definition) is 1. The van der Waals surface area contributed by atoms with Crippen molar-refractivity contribution in [1.82, 2.24) is 10.3 Å². The van der Waals surface area contributed by atoms with Gasteiger partial charge in [0.1, 0.15) is 4.60 Å². The third-order valence-electron chi connectivity index (χ3n) is 2.56. The lowest BCUT2D eigenvalue weighted by Crippen LogP contribution is -2.32. The van der Waals surface area contributed by atoms with Crippen LogP contribution in [0.1, 0.15) is 18.4 Å². The highest BCUT2D eigenvalue weighted by molar-refractivity contribution is 9.10. The van der Waals surface area contributed by atoms with Gasteiger partial charge in [0.25, 0.3) is 0 Å². The second kappa shape index (κ2) is 5.58. The van der Waals surface area contributed by atoms with Crippen LogP contribution in [0, 0.1) is 0 Å². The fraction of sp³-hybridized carbons (Fsp3) is 0.545. The predicted molar refractivity (Wildman–Crippen MR) is 62.6 cm³/mol. The molecule has 0 amide bonds. The smallest absolute Gasteiger partial charge is 0.106 e. The first-order valence-corrected chi connectivity index (χ1v) is 6.06. The zero-order valence-corrected chi connectivity index (χ0v) is 10.2. The Morgan fingerprint density at radius 2 is 2.27 bits per heavy atom. The standard InChI is InChI=1S/C11H15BrN2O/c12-11-7-9(1-6-14-11)8-15-10-2-4-13-5-3-10/h1,6-7,10,13H,2-5,8H2. The zero-order valence-electron chi connectivity index (χ0n) is 8.58. The van der Waals surface area contributed by atoms with E-state index in [1.807, 2.05) is 12.1 Å². The average molecular weight is 271 g/mol. The van der Waals surface area contributed by atoms with Crippen LogP contribution in [0.25, 0.3) is 0 Å². The normalized spacial score (nSPS) is 17.9. The van der Waals surface area contributed by atoms with Gasteiger partial charge in [-0.15, -0.1) is 0 Å². The van der Waals surface area contributed by atoms with E-state index < -0.39 is 0 Å². The third-order valence-corrected chi connectivity index (χ3v) is 3.00. The Morgan fingerprint density at radius 1 is 1.47 bits per heavy atom. The summed E-state index contributed by atoms with van der Waals surface area (Å²) in [5.41, 5.74) is 1.18. The largest absolute Gasteiger partial charge is 0.373 e. The highest BCUT2D eigenvalue weighted by atomic mass is 79.9. The molecule has 1 aliphatic rings. The second-order valence-electron chi connectivity index (χ2n) is 3.75. The van der Waals surface area contributed by atoms with Crippen molar-refractivity contribution in [1.29, 1.82) is 0 Å². The van der Waals surface area contributed by atoms with Crippen molar-refractivity contribution >= 4 is 15.9 Å². The Bertz CT molecular complexity index is 313. The first kappa shape index (κ1) is 11.0. The number of pyridine rings is 1. The molecule has 82 valence electrons. The van der Waals surface area contributed by atoms with Crippen LogP contribution in [0.5, 0.6) is 0 Å². The Labute approximate surface area is 98.4 Å². The number of hydrogen-bond acceptors (Lipinski definition) is 3. The molecule has 1 aliphatic heterocycles. The molecule has 0 aliphatic carbocycles. The summed E-state index contributed by atoms with van der Waals surface area (Å²) in [6.07, 6.45) is 4.45. The predicted octanol–water partition coefficient (Wildman–Crippen LogP) is 2.11. The van der Waals surface area contributed by atoms with Gasteiger partial charge in [0.15, 0.2) is 0 Å². The van der Waals surface area contributed by atoms with Crippen molar-refractivity contribution in [3.05, 3.63) is 28.5 Å². The monoisotopic (exact) mass is 270 g/mol. The molecule has 15 heavy (non-hydrogen) atoms. The summed E-state index contributed by atoms with van der Waals surface area (Å²) in [6.45, 7) is 2.83. The van der Waals surface area contributed by atoms with E-state index in [9.17, 15) is 0 Å². The molecule has 0 spiro atoms. The van der Waals surface area contributed by atoms with Crippen molar-refractivity contribution in [3.63, 3.8) is 0 Å². The third kappa shape index (κ3) is 3.55. The second-order valence-corrected chi connectivity index (χ2v) is 4.56. The van der Waals surface area contributed by atoms with Gasteiger partial charge in [-0.25, -0.2) is 4.98 Å². The molecule has 0 aromatic carbocycles. The van der Waals surface area contributed by atoms with Gasteiger partial charge in [-0.05, 0) is 59.6 Å². The lowest BCUT2D eigenvalue weighted by atomic mass is 10.1. The molecular formula is C11H15BrN2O. The Morgan fingerprint density at radius 3 is 3.00 bits per heavy atom. The SMILES string of the molecule is Brc1cc(COC2CCNCC2)ccn1. The van der Waals surface area contributed by atoms with Crippen molar-refractivity contribution in [3.8, 4) is 0 Å². The maximum atomic E-state index is 5.84. The molecule has 1 fully saturated rings. The van der Waals surface area contributed by atoms with Gasteiger partial charge in [0.05, 0.1) is 12.7 Å². The molecule has 2 rings (SSSR count). The molecule has 0 radical (unpaired) electrons. The molecule has 2 heterocycles. The van der Waals surface area contributed by atoms with Gasteiger partial charge in [-0.3, -0.25) is 0 Å². The Hall–Kier alpha value is -0.450. The number of nitrogens with one attached hydrogen (secondary N) is 1. The molecule has 0 atom stereocenters. The maximum absolute atomic E-state index is 5.84. The number of rotatable bonds is 3. The summed E-state index contributed by atoms with van der Waals surface area (Å²) >= 11 is 3.35. The van der Waals surface area contributed by atoms with Crippen LogP contribution in [0.15, 0.2) is 22.9 Å². The van der Waals surface area contributed by atoms with E-state index in [4.69, 9.17) is 4.74 Å². The van der Waals surface area contributed by atoms with Crippen LogP contribution >= 0.6 is 15.9 Å². The summed E-state index contributed by atoms with van der Waals surface area (Å²) in [7, 11) is 0. The summed E-state index contributed by atoms with van der Waals surface area (Å²) in [5, 5.41) is 3.32. The van der Waals surface area contributed by atoms with E-state index in [1.165, 1.54) is 5.56 Å². The first-order valence-electron chi connectivity index (χ1n) is 5.27.